The first-order valence-electron chi connectivity index (χ1n) is 6.13. The Balaban J connectivity index is 1.80. The summed E-state index contributed by atoms with van der Waals surface area (Å²) in [6.45, 7) is 4.55. The van der Waals surface area contributed by atoms with Gasteiger partial charge in [0.15, 0.2) is 0 Å². The Labute approximate surface area is 103 Å². The molecule has 0 radical (unpaired) electrons. The summed E-state index contributed by atoms with van der Waals surface area (Å²) >= 11 is 0. The van der Waals surface area contributed by atoms with Crippen LogP contribution in [-0.4, -0.2) is 43.8 Å². The number of rotatable bonds is 4. The summed E-state index contributed by atoms with van der Waals surface area (Å²) in [6, 6.07) is 10.3. The topological polar surface area (TPSA) is 38.5 Å². The monoisotopic (exact) mass is 232 g/mol. The maximum absolute atomic E-state index is 6.08. The summed E-state index contributed by atoms with van der Waals surface area (Å²) in [6.07, 6.45) is 4.16. The molecule has 1 aromatic rings. The largest absolute Gasteiger partial charge is 0.379 e. The molecule has 0 aromatic heterocycles. The molecule has 1 saturated heterocycles. The van der Waals surface area contributed by atoms with Crippen LogP contribution in [0.25, 0.3) is 6.08 Å². The molecule has 0 spiro atoms. The minimum Gasteiger partial charge on any atom is -0.379 e. The van der Waals surface area contributed by atoms with Crippen LogP contribution in [0.4, 0.5) is 0 Å². The molecule has 0 saturated carbocycles. The fourth-order valence-electron chi connectivity index (χ4n) is 1.94. The van der Waals surface area contributed by atoms with E-state index >= 15 is 0 Å². The number of nitrogens with zero attached hydrogens (tertiary/aromatic N) is 1. The summed E-state index contributed by atoms with van der Waals surface area (Å²) in [5.41, 5.74) is 7.28. The van der Waals surface area contributed by atoms with Crippen molar-refractivity contribution >= 4 is 6.08 Å². The lowest BCUT2D eigenvalue weighted by Gasteiger charge is -2.28. The summed E-state index contributed by atoms with van der Waals surface area (Å²) < 4.78 is 5.31. The van der Waals surface area contributed by atoms with Crippen molar-refractivity contribution in [3.05, 3.63) is 42.0 Å². The molecule has 0 amide bonds. The maximum atomic E-state index is 6.08. The highest BCUT2D eigenvalue weighted by atomic mass is 16.5. The van der Waals surface area contributed by atoms with Gasteiger partial charge in [-0.1, -0.05) is 42.5 Å². The van der Waals surface area contributed by atoms with Gasteiger partial charge in [0.1, 0.15) is 0 Å². The van der Waals surface area contributed by atoms with E-state index in [1.54, 1.807) is 0 Å². The molecule has 1 fully saturated rings. The van der Waals surface area contributed by atoms with Crippen molar-refractivity contribution in [1.29, 1.82) is 0 Å². The number of morpholine rings is 1. The van der Waals surface area contributed by atoms with E-state index in [-0.39, 0.29) is 6.04 Å². The smallest absolute Gasteiger partial charge is 0.0594 e. The average molecular weight is 232 g/mol. The molecule has 0 aliphatic carbocycles. The van der Waals surface area contributed by atoms with E-state index in [1.807, 2.05) is 18.2 Å². The van der Waals surface area contributed by atoms with Crippen molar-refractivity contribution in [1.82, 2.24) is 4.90 Å². The van der Waals surface area contributed by atoms with Crippen molar-refractivity contribution < 1.29 is 4.74 Å². The standard InChI is InChI=1S/C14H20N2O/c15-14(12-16-8-10-17-11-9-16)7-6-13-4-2-1-3-5-13/h1-7,14H,8-12,15H2/b7-6+. The number of ether oxygens (including phenoxy) is 1. The van der Waals surface area contributed by atoms with Gasteiger partial charge in [-0.25, -0.2) is 0 Å². The third kappa shape index (κ3) is 4.30. The summed E-state index contributed by atoms with van der Waals surface area (Å²) in [4.78, 5) is 2.35. The van der Waals surface area contributed by atoms with Crippen molar-refractivity contribution in [3.63, 3.8) is 0 Å². The number of nitrogens with two attached hydrogens (primary N) is 1. The zero-order valence-electron chi connectivity index (χ0n) is 10.1. The zero-order chi connectivity index (χ0) is 11.9. The van der Waals surface area contributed by atoms with E-state index < -0.39 is 0 Å². The second-order valence-corrected chi connectivity index (χ2v) is 4.35. The maximum Gasteiger partial charge on any atom is 0.0594 e. The normalized spacial score (nSPS) is 19.6. The van der Waals surface area contributed by atoms with Crippen LogP contribution in [0, 0.1) is 0 Å². The Morgan fingerprint density at radius 3 is 2.65 bits per heavy atom. The van der Waals surface area contributed by atoms with E-state index in [0.717, 1.165) is 32.8 Å². The van der Waals surface area contributed by atoms with Crippen molar-refractivity contribution in [2.45, 2.75) is 6.04 Å². The summed E-state index contributed by atoms with van der Waals surface area (Å²) in [5.74, 6) is 0. The quantitative estimate of drug-likeness (QED) is 0.852. The van der Waals surface area contributed by atoms with Gasteiger partial charge in [-0.2, -0.15) is 0 Å². The van der Waals surface area contributed by atoms with Gasteiger partial charge in [0.05, 0.1) is 13.2 Å². The molecule has 2 rings (SSSR count). The van der Waals surface area contributed by atoms with Gasteiger partial charge in [0.25, 0.3) is 0 Å². The van der Waals surface area contributed by atoms with Crippen molar-refractivity contribution in [3.8, 4) is 0 Å². The molecule has 0 bridgehead atoms. The molecule has 1 aromatic carbocycles. The molecular formula is C14H20N2O. The Kier molecular flexibility index (Phi) is 4.74. The van der Waals surface area contributed by atoms with E-state index in [4.69, 9.17) is 10.5 Å². The highest BCUT2D eigenvalue weighted by Crippen LogP contribution is 2.03. The van der Waals surface area contributed by atoms with E-state index in [1.165, 1.54) is 5.56 Å². The molecule has 17 heavy (non-hydrogen) atoms. The van der Waals surface area contributed by atoms with Gasteiger partial charge >= 0.3 is 0 Å². The predicted molar refractivity (Wildman–Crippen MR) is 70.7 cm³/mol. The lowest BCUT2D eigenvalue weighted by molar-refractivity contribution is 0.0370. The molecule has 1 aliphatic rings. The number of hydrogen-bond donors (Lipinski definition) is 1. The molecule has 1 aliphatic heterocycles. The molecule has 3 heteroatoms. The van der Waals surface area contributed by atoms with Gasteiger partial charge in [-0.15, -0.1) is 0 Å². The van der Waals surface area contributed by atoms with Crippen molar-refractivity contribution in [2.24, 2.45) is 5.73 Å². The predicted octanol–water partition coefficient (Wildman–Crippen LogP) is 1.36. The lowest BCUT2D eigenvalue weighted by Crippen LogP contribution is -2.42. The number of benzene rings is 1. The lowest BCUT2D eigenvalue weighted by atomic mass is 10.1. The van der Waals surface area contributed by atoms with Gasteiger partial charge in [-0.05, 0) is 5.56 Å². The second kappa shape index (κ2) is 6.55. The first kappa shape index (κ1) is 12.3. The molecule has 1 atom stereocenters. The first-order chi connectivity index (χ1) is 8.34. The van der Waals surface area contributed by atoms with Gasteiger partial charge in [0, 0.05) is 25.7 Å². The number of hydrogen-bond acceptors (Lipinski definition) is 3. The summed E-state index contributed by atoms with van der Waals surface area (Å²) in [5, 5.41) is 0. The Bertz CT molecular complexity index is 344. The van der Waals surface area contributed by atoms with E-state index in [0.29, 0.717) is 0 Å². The Hall–Kier alpha value is -1.16. The highest BCUT2D eigenvalue weighted by molar-refractivity contribution is 5.49. The highest BCUT2D eigenvalue weighted by Gasteiger charge is 2.11. The molecule has 92 valence electrons. The third-order valence-corrected chi connectivity index (χ3v) is 2.91. The molecule has 3 nitrogen and oxygen atoms in total. The van der Waals surface area contributed by atoms with Crippen molar-refractivity contribution in [2.75, 3.05) is 32.8 Å². The van der Waals surface area contributed by atoms with Crippen LogP contribution in [0.5, 0.6) is 0 Å². The van der Waals surface area contributed by atoms with Gasteiger partial charge in [-0.3, -0.25) is 4.90 Å². The third-order valence-electron chi connectivity index (χ3n) is 2.91. The molecule has 2 N–H and O–H groups in total. The first-order valence-corrected chi connectivity index (χ1v) is 6.13. The SMILES string of the molecule is NC(/C=C/c1ccccc1)CN1CCOCC1. The van der Waals surface area contributed by atoms with Crippen LogP contribution in [0.15, 0.2) is 36.4 Å². The fourth-order valence-corrected chi connectivity index (χ4v) is 1.94. The zero-order valence-corrected chi connectivity index (χ0v) is 10.1. The van der Waals surface area contributed by atoms with Crippen LogP contribution in [0.2, 0.25) is 0 Å². The van der Waals surface area contributed by atoms with Gasteiger partial charge < -0.3 is 10.5 Å². The van der Waals surface area contributed by atoms with E-state index in [2.05, 4.69) is 29.2 Å². The van der Waals surface area contributed by atoms with E-state index in [9.17, 15) is 0 Å². The molecular weight excluding hydrogens is 212 g/mol. The van der Waals surface area contributed by atoms with Crippen LogP contribution >= 0.6 is 0 Å². The van der Waals surface area contributed by atoms with Crippen LogP contribution in [0.3, 0.4) is 0 Å². The van der Waals surface area contributed by atoms with Crippen LogP contribution in [0.1, 0.15) is 5.56 Å². The fraction of sp³-hybridized carbons (Fsp3) is 0.429. The Morgan fingerprint density at radius 1 is 1.24 bits per heavy atom. The minimum absolute atomic E-state index is 0.0910. The average Bonchev–Trinajstić information content (AvgIpc) is 2.39. The Morgan fingerprint density at radius 2 is 1.94 bits per heavy atom. The molecule has 1 heterocycles. The van der Waals surface area contributed by atoms with Crippen LogP contribution < -0.4 is 5.73 Å². The van der Waals surface area contributed by atoms with Gasteiger partial charge in [0.2, 0.25) is 0 Å². The minimum atomic E-state index is 0.0910. The molecule has 1 unspecified atom stereocenters. The second-order valence-electron chi connectivity index (χ2n) is 4.35. The van der Waals surface area contributed by atoms with Crippen LogP contribution in [-0.2, 0) is 4.74 Å². The summed E-state index contributed by atoms with van der Waals surface area (Å²) in [7, 11) is 0.